The molecule has 3 rings (SSSR count). The molecule has 1 aromatic carbocycles. The number of carboxylic acid groups (broad SMARTS) is 1. The summed E-state index contributed by atoms with van der Waals surface area (Å²) < 4.78 is 0. The lowest BCUT2D eigenvalue weighted by Gasteiger charge is -2.19. The van der Waals surface area contributed by atoms with E-state index < -0.39 is 12.1 Å². The summed E-state index contributed by atoms with van der Waals surface area (Å²) in [6, 6.07) is 6.58. The van der Waals surface area contributed by atoms with Crippen LogP contribution in [0.25, 0.3) is 0 Å². The van der Waals surface area contributed by atoms with Gasteiger partial charge in [0.2, 0.25) is 0 Å². The van der Waals surface area contributed by atoms with Gasteiger partial charge in [-0.15, -0.1) is 0 Å². The van der Waals surface area contributed by atoms with Crippen LogP contribution in [0.1, 0.15) is 37.4 Å². The average Bonchev–Trinajstić information content (AvgIpc) is 3.13. The van der Waals surface area contributed by atoms with Gasteiger partial charge < -0.3 is 20.4 Å². The molecule has 2 aliphatic rings. The normalized spacial score (nSPS) is 31.3. The molecule has 27 heavy (non-hydrogen) atoms. The molecule has 0 bridgehead atoms. The molecule has 0 radical (unpaired) electrons. The number of thioether (sulfide) groups is 1. The summed E-state index contributed by atoms with van der Waals surface area (Å²) in [6.07, 6.45) is 6.51. The highest BCUT2D eigenvalue weighted by Gasteiger charge is 2.46. The lowest BCUT2D eigenvalue weighted by Crippen LogP contribution is -2.18. The zero-order chi connectivity index (χ0) is 19.4. The first-order valence-corrected chi connectivity index (χ1v) is 10.7. The summed E-state index contributed by atoms with van der Waals surface area (Å²) >= 11 is 1.47. The minimum atomic E-state index is -0.798. The van der Waals surface area contributed by atoms with Crippen LogP contribution >= 0.6 is 11.8 Å². The molecule has 1 aromatic rings. The van der Waals surface area contributed by atoms with E-state index in [1.54, 1.807) is 30.3 Å². The SMILES string of the molecule is O=C(O)CSCCC1C[C@H]2C[C@@H](O)[C@H](C=CC(O)c3cccc(O)c3)[C@@H]2C1. The van der Waals surface area contributed by atoms with Crippen molar-refractivity contribution in [1.29, 1.82) is 0 Å². The predicted molar refractivity (Wildman–Crippen MR) is 106 cm³/mol. The molecule has 0 aromatic heterocycles. The minimum absolute atomic E-state index is 0.0543. The third-order valence-corrected chi connectivity index (χ3v) is 6.93. The van der Waals surface area contributed by atoms with Crippen molar-refractivity contribution in [2.45, 2.75) is 37.9 Å². The summed E-state index contributed by atoms with van der Waals surface area (Å²) in [5.74, 6) is 2.00. The molecule has 5 nitrogen and oxygen atoms in total. The Morgan fingerprint density at radius 3 is 2.85 bits per heavy atom. The maximum atomic E-state index is 10.6. The van der Waals surface area contributed by atoms with Gasteiger partial charge in [-0.25, -0.2) is 0 Å². The van der Waals surface area contributed by atoms with Crippen molar-refractivity contribution in [3.05, 3.63) is 42.0 Å². The standard InChI is InChI=1S/C21H28O5S/c22-16-3-1-2-14(10-16)19(23)5-4-17-18-9-13(6-7-27-12-21(25)26)8-15(18)11-20(17)24/h1-5,10,13,15,17-20,22-24H,6-9,11-12H2,(H,25,26)/t13?,15-,17+,18+,19?,20+/m0/s1. The number of fused-ring (bicyclic) bond motifs is 1. The number of aromatic hydroxyl groups is 1. The van der Waals surface area contributed by atoms with Crippen LogP contribution in [0.5, 0.6) is 5.75 Å². The highest BCUT2D eigenvalue weighted by atomic mass is 32.2. The summed E-state index contributed by atoms with van der Waals surface area (Å²) in [7, 11) is 0. The second-order valence-corrected chi connectivity index (χ2v) is 8.91. The van der Waals surface area contributed by atoms with Gasteiger partial charge in [0.1, 0.15) is 5.75 Å². The number of aliphatic hydroxyl groups excluding tert-OH is 2. The maximum Gasteiger partial charge on any atom is 0.313 e. The van der Waals surface area contributed by atoms with Crippen molar-refractivity contribution in [2.75, 3.05) is 11.5 Å². The molecule has 2 unspecified atom stereocenters. The van der Waals surface area contributed by atoms with E-state index in [2.05, 4.69) is 0 Å². The van der Waals surface area contributed by atoms with E-state index in [0.717, 1.165) is 31.4 Å². The van der Waals surface area contributed by atoms with Gasteiger partial charge in [0.25, 0.3) is 0 Å². The number of hydrogen-bond acceptors (Lipinski definition) is 5. The fraction of sp³-hybridized carbons (Fsp3) is 0.571. The Labute approximate surface area is 164 Å². The zero-order valence-corrected chi connectivity index (χ0v) is 16.1. The van der Waals surface area contributed by atoms with Crippen molar-refractivity contribution in [3.63, 3.8) is 0 Å². The highest BCUT2D eigenvalue weighted by Crippen LogP contribution is 2.51. The third kappa shape index (κ3) is 5.27. The topological polar surface area (TPSA) is 98.0 Å². The fourth-order valence-corrected chi connectivity index (χ4v) is 5.56. The Morgan fingerprint density at radius 1 is 1.30 bits per heavy atom. The van der Waals surface area contributed by atoms with Crippen molar-refractivity contribution in [3.8, 4) is 5.75 Å². The van der Waals surface area contributed by atoms with E-state index in [1.807, 2.05) is 6.08 Å². The number of aliphatic hydroxyl groups is 2. The Bertz CT molecular complexity index is 676. The molecule has 0 aliphatic heterocycles. The highest BCUT2D eigenvalue weighted by molar-refractivity contribution is 7.99. The second kappa shape index (κ2) is 9.13. The summed E-state index contributed by atoms with van der Waals surface area (Å²) in [5, 5.41) is 39.0. The Kier molecular flexibility index (Phi) is 6.84. The number of aliphatic carboxylic acids is 1. The van der Waals surface area contributed by atoms with Gasteiger partial charge in [0.15, 0.2) is 0 Å². The van der Waals surface area contributed by atoms with Crippen LogP contribution in [0.15, 0.2) is 36.4 Å². The van der Waals surface area contributed by atoms with E-state index in [-0.39, 0.29) is 23.5 Å². The molecular weight excluding hydrogens is 364 g/mol. The van der Waals surface area contributed by atoms with E-state index in [1.165, 1.54) is 11.8 Å². The van der Waals surface area contributed by atoms with Crippen LogP contribution in [0, 0.1) is 23.7 Å². The lowest BCUT2D eigenvalue weighted by atomic mass is 9.89. The van der Waals surface area contributed by atoms with Gasteiger partial charge in [-0.3, -0.25) is 4.79 Å². The number of hydrogen-bond donors (Lipinski definition) is 4. The number of carboxylic acids is 1. The molecule has 2 saturated carbocycles. The van der Waals surface area contributed by atoms with Crippen LogP contribution in [0.2, 0.25) is 0 Å². The van der Waals surface area contributed by atoms with Gasteiger partial charge in [0, 0.05) is 5.92 Å². The average molecular weight is 393 g/mol. The first-order chi connectivity index (χ1) is 12.9. The number of phenolic OH excluding ortho intramolecular Hbond substituents is 1. The van der Waals surface area contributed by atoms with Gasteiger partial charge in [-0.2, -0.15) is 11.8 Å². The first-order valence-electron chi connectivity index (χ1n) is 9.57. The van der Waals surface area contributed by atoms with E-state index in [9.17, 15) is 20.1 Å². The van der Waals surface area contributed by atoms with Crippen LogP contribution in [0.4, 0.5) is 0 Å². The fourth-order valence-electron chi connectivity index (χ4n) is 4.74. The third-order valence-electron chi connectivity index (χ3n) is 5.95. The molecule has 0 spiro atoms. The van der Waals surface area contributed by atoms with Crippen LogP contribution in [0.3, 0.4) is 0 Å². The molecule has 0 heterocycles. The molecule has 0 saturated heterocycles. The smallest absolute Gasteiger partial charge is 0.313 e. The number of phenols is 1. The molecular formula is C21H28O5S. The predicted octanol–water partition coefficient (Wildman–Crippen LogP) is 3.21. The quantitative estimate of drug-likeness (QED) is 0.401. The summed E-state index contributed by atoms with van der Waals surface area (Å²) in [6.45, 7) is 0. The van der Waals surface area contributed by atoms with Gasteiger partial charge in [0.05, 0.1) is 18.0 Å². The number of carbonyl (C=O) groups is 1. The number of benzene rings is 1. The van der Waals surface area contributed by atoms with Gasteiger partial charge in [-0.1, -0.05) is 24.3 Å². The molecule has 4 N–H and O–H groups in total. The number of rotatable bonds is 8. The van der Waals surface area contributed by atoms with E-state index in [0.29, 0.717) is 23.3 Å². The Morgan fingerprint density at radius 2 is 2.11 bits per heavy atom. The second-order valence-electron chi connectivity index (χ2n) is 7.80. The van der Waals surface area contributed by atoms with Crippen molar-refractivity contribution >= 4 is 17.7 Å². The Hall–Kier alpha value is -1.50. The first kappa shape index (κ1) is 20.2. The molecule has 2 aliphatic carbocycles. The van der Waals surface area contributed by atoms with Crippen molar-refractivity contribution in [2.24, 2.45) is 23.7 Å². The summed E-state index contributed by atoms with van der Waals surface area (Å²) in [4.78, 5) is 10.6. The Balaban J connectivity index is 1.54. The molecule has 6 atom stereocenters. The van der Waals surface area contributed by atoms with Gasteiger partial charge >= 0.3 is 5.97 Å². The molecule has 148 valence electrons. The van der Waals surface area contributed by atoms with Crippen LogP contribution in [-0.2, 0) is 4.79 Å². The lowest BCUT2D eigenvalue weighted by molar-refractivity contribution is -0.133. The van der Waals surface area contributed by atoms with Crippen LogP contribution < -0.4 is 0 Å². The monoisotopic (exact) mass is 392 g/mol. The molecule has 2 fully saturated rings. The largest absolute Gasteiger partial charge is 0.508 e. The minimum Gasteiger partial charge on any atom is -0.508 e. The maximum absolute atomic E-state index is 10.6. The van der Waals surface area contributed by atoms with Crippen molar-refractivity contribution in [1.82, 2.24) is 0 Å². The van der Waals surface area contributed by atoms with Gasteiger partial charge in [-0.05, 0) is 66.9 Å². The summed E-state index contributed by atoms with van der Waals surface area (Å²) in [5.41, 5.74) is 0.634. The zero-order valence-electron chi connectivity index (χ0n) is 15.3. The molecule has 6 heteroatoms. The van der Waals surface area contributed by atoms with E-state index >= 15 is 0 Å². The molecule has 0 amide bonds. The van der Waals surface area contributed by atoms with Crippen LogP contribution in [-0.4, -0.2) is 44.0 Å². The van der Waals surface area contributed by atoms with Crippen molar-refractivity contribution < 1.29 is 25.2 Å². The van der Waals surface area contributed by atoms with E-state index in [4.69, 9.17) is 5.11 Å².